The third kappa shape index (κ3) is 2.30. The first-order valence-corrected chi connectivity index (χ1v) is 5.35. The molecule has 2 aromatic heterocycles. The molecule has 0 aliphatic heterocycles. The van der Waals surface area contributed by atoms with Gasteiger partial charge in [0.25, 0.3) is 0 Å². The summed E-state index contributed by atoms with van der Waals surface area (Å²) in [4.78, 5) is 17.1. The molecule has 0 saturated heterocycles. The number of thiophene rings is 1. The average Bonchev–Trinajstić information content (AvgIpc) is 2.72. The van der Waals surface area contributed by atoms with E-state index >= 15 is 0 Å². The monoisotopic (exact) mass is 222 g/mol. The summed E-state index contributed by atoms with van der Waals surface area (Å²) in [6.07, 6.45) is 0.206. The maximum absolute atomic E-state index is 10.8. The number of hydrogen-bond donors (Lipinski definition) is 0. The maximum atomic E-state index is 10.8. The van der Waals surface area contributed by atoms with E-state index in [0.717, 1.165) is 4.88 Å². The van der Waals surface area contributed by atoms with Gasteiger partial charge in [0.15, 0.2) is 0 Å². The highest BCUT2D eigenvalue weighted by molar-refractivity contribution is 7.15. The minimum atomic E-state index is 0.0209. The lowest BCUT2D eigenvalue weighted by Crippen LogP contribution is -1.95. The minimum Gasteiger partial charge on any atom is -0.338 e. The fourth-order valence-corrected chi connectivity index (χ4v) is 1.99. The van der Waals surface area contributed by atoms with Gasteiger partial charge in [-0.05, 0) is 26.0 Å². The van der Waals surface area contributed by atoms with Gasteiger partial charge in [0.2, 0.25) is 11.7 Å². The zero-order chi connectivity index (χ0) is 10.8. The zero-order valence-corrected chi connectivity index (χ0v) is 9.30. The molecule has 0 N–H and O–H groups in total. The molecule has 0 aromatic carbocycles. The van der Waals surface area contributed by atoms with E-state index in [1.54, 1.807) is 11.3 Å². The van der Waals surface area contributed by atoms with E-state index in [-0.39, 0.29) is 12.2 Å². The molecule has 0 amide bonds. The van der Waals surface area contributed by atoms with Crippen LogP contribution in [0.1, 0.15) is 17.7 Å². The molecule has 15 heavy (non-hydrogen) atoms. The van der Waals surface area contributed by atoms with E-state index in [2.05, 4.69) is 10.1 Å². The van der Waals surface area contributed by atoms with Crippen molar-refractivity contribution < 1.29 is 9.32 Å². The molecule has 4 nitrogen and oxygen atoms in total. The highest BCUT2D eigenvalue weighted by Crippen LogP contribution is 2.24. The van der Waals surface area contributed by atoms with Gasteiger partial charge in [0, 0.05) is 4.88 Å². The molecule has 0 radical (unpaired) electrons. The zero-order valence-electron chi connectivity index (χ0n) is 8.48. The van der Waals surface area contributed by atoms with Crippen molar-refractivity contribution in [3.05, 3.63) is 22.9 Å². The normalized spacial score (nSPS) is 10.5. The molecular formula is C10H10N2O2S. The summed E-state index contributed by atoms with van der Waals surface area (Å²) in [6, 6.07) is 3.95. The van der Waals surface area contributed by atoms with Gasteiger partial charge < -0.3 is 4.52 Å². The Morgan fingerprint density at radius 2 is 2.33 bits per heavy atom. The molecule has 2 aromatic rings. The van der Waals surface area contributed by atoms with Crippen LogP contribution in [0.25, 0.3) is 10.7 Å². The van der Waals surface area contributed by atoms with Crippen molar-refractivity contribution in [2.45, 2.75) is 20.3 Å². The standard InChI is InChI=1S/C10H10N2O2S/c1-6(13)5-9-11-10(12-14-9)8-4-3-7(2)15-8/h3-4H,5H2,1-2H3. The minimum absolute atomic E-state index is 0.0209. The van der Waals surface area contributed by atoms with Crippen molar-refractivity contribution >= 4 is 17.1 Å². The number of ketones is 1. The smallest absolute Gasteiger partial charge is 0.234 e. The lowest BCUT2D eigenvalue weighted by atomic mass is 10.3. The Morgan fingerprint density at radius 3 is 2.93 bits per heavy atom. The quantitative estimate of drug-likeness (QED) is 0.799. The van der Waals surface area contributed by atoms with Crippen LogP contribution in [-0.2, 0) is 11.2 Å². The molecule has 2 heterocycles. The second-order valence-electron chi connectivity index (χ2n) is 3.30. The second-order valence-corrected chi connectivity index (χ2v) is 4.59. The number of Topliss-reactive ketones (excluding diaryl/α,β-unsaturated/α-hetero) is 1. The van der Waals surface area contributed by atoms with E-state index in [0.29, 0.717) is 11.7 Å². The van der Waals surface area contributed by atoms with E-state index in [4.69, 9.17) is 4.52 Å². The van der Waals surface area contributed by atoms with Crippen molar-refractivity contribution in [3.63, 3.8) is 0 Å². The van der Waals surface area contributed by atoms with Gasteiger partial charge in [0.1, 0.15) is 5.78 Å². The Labute approximate surface area is 90.9 Å². The van der Waals surface area contributed by atoms with Gasteiger partial charge in [-0.3, -0.25) is 4.79 Å². The van der Waals surface area contributed by atoms with E-state index in [9.17, 15) is 4.79 Å². The molecule has 5 heteroatoms. The predicted octanol–water partition coefficient (Wildman–Crippen LogP) is 2.24. The summed E-state index contributed by atoms with van der Waals surface area (Å²) in [5.41, 5.74) is 0. The SMILES string of the molecule is CC(=O)Cc1nc(-c2ccc(C)s2)no1. The Morgan fingerprint density at radius 1 is 1.53 bits per heavy atom. The Bertz CT molecular complexity index is 487. The highest BCUT2D eigenvalue weighted by Gasteiger charge is 2.11. The molecule has 0 fully saturated rings. The highest BCUT2D eigenvalue weighted by atomic mass is 32.1. The van der Waals surface area contributed by atoms with Gasteiger partial charge in [0.05, 0.1) is 11.3 Å². The second kappa shape index (κ2) is 3.94. The fraction of sp³-hybridized carbons (Fsp3) is 0.300. The Balaban J connectivity index is 2.23. The molecule has 0 spiro atoms. The Kier molecular flexibility index (Phi) is 2.64. The molecule has 0 unspecified atom stereocenters. The van der Waals surface area contributed by atoms with Crippen molar-refractivity contribution in [2.75, 3.05) is 0 Å². The number of hydrogen-bond acceptors (Lipinski definition) is 5. The number of rotatable bonds is 3. The van der Waals surface area contributed by atoms with E-state index < -0.39 is 0 Å². The number of carbonyl (C=O) groups excluding carboxylic acids is 1. The third-order valence-corrected chi connectivity index (χ3v) is 2.83. The number of nitrogens with zero attached hydrogens (tertiary/aromatic N) is 2. The molecule has 0 aliphatic rings. The largest absolute Gasteiger partial charge is 0.338 e. The van der Waals surface area contributed by atoms with Crippen molar-refractivity contribution in [1.82, 2.24) is 10.1 Å². The first kappa shape index (κ1) is 10.0. The van der Waals surface area contributed by atoms with E-state index in [1.165, 1.54) is 11.8 Å². The summed E-state index contributed by atoms with van der Waals surface area (Å²) < 4.78 is 4.96. The molecule has 0 aliphatic carbocycles. The predicted molar refractivity (Wildman–Crippen MR) is 56.7 cm³/mol. The van der Waals surface area contributed by atoms with Crippen LogP contribution in [0.2, 0.25) is 0 Å². The summed E-state index contributed by atoms with van der Waals surface area (Å²) in [6.45, 7) is 3.52. The lowest BCUT2D eigenvalue weighted by Gasteiger charge is -1.84. The van der Waals surface area contributed by atoms with Crippen LogP contribution >= 0.6 is 11.3 Å². The van der Waals surface area contributed by atoms with Crippen molar-refractivity contribution in [2.24, 2.45) is 0 Å². The van der Waals surface area contributed by atoms with Crippen LogP contribution in [0, 0.1) is 6.92 Å². The molecule has 0 atom stereocenters. The number of carbonyl (C=O) groups is 1. The summed E-state index contributed by atoms with van der Waals surface area (Å²) in [5.74, 6) is 0.959. The number of aromatic nitrogens is 2. The van der Waals surface area contributed by atoms with Crippen molar-refractivity contribution in [3.8, 4) is 10.7 Å². The van der Waals surface area contributed by atoms with Crippen LogP contribution in [0.4, 0.5) is 0 Å². The van der Waals surface area contributed by atoms with Crippen LogP contribution in [-0.4, -0.2) is 15.9 Å². The number of aryl methyl sites for hydroxylation is 1. The van der Waals surface area contributed by atoms with Crippen molar-refractivity contribution in [1.29, 1.82) is 0 Å². The van der Waals surface area contributed by atoms with E-state index in [1.807, 2.05) is 19.1 Å². The fourth-order valence-electron chi connectivity index (χ4n) is 1.19. The molecule has 78 valence electrons. The molecule has 2 rings (SSSR count). The molecule has 0 saturated carbocycles. The molecular weight excluding hydrogens is 212 g/mol. The van der Waals surface area contributed by atoms with Crippen LogP contribution < -0.4 is 0 Å². The first-order chi connectivity index (χ1) is 7.15. The van der Waals surface area contributed by atoms with Crippen LogP contribution in [0.15, 0.2) is 16.7 Å². The summed E-state index contributed by atoms with van der Waals surface area (Å²) in [5, 5.41) is 3.82. The van der Waals surface area contributed by atoms with Gasteiger partial charge in [-0.1, -0.05) is 5.16 Å². The van der Waals surface area contributed by atoms with Gasteiger partial charge in [-0.15, -0.1) is 11.3 Å². The first-order valence-electron chi connectivity index (χ1n) is 4.54. The van der Waals surface area contributed by atoms with Gasteiger partial charge in [-0.25, -0.2) is 0 Å². The lowest BCUT2D eigenvalue weighted by molar-refractivity contribution is -0.116. The average molecular weight is 222 g/mol. The summed E-state index contributed by atoms with van der Waals surface area (Å²) in [7, 11) is 0. The van der Waals surface area contributed by atoms with Crippen LogP contribution in [0.5, 0.6) is 0 Å². The van der Waals surface area contributed by atoms with Crippen LogP contribution in [0.3, 0.4) is 0 Å². The Hall–Kier alpha value is -1.49. The van der Waals surface area contributed by atoms with Gasteiger partial charge in [-0.2, -0.15) is 4.98 Å². The summed E-state index contributed by atoms with van der Waals surface area (Å²) >= 11 is 1.60. The molecule has 0 bridgehead atoms. The topological polar surface area (TPSA) is 56.0 Å². The van der Waals surface area contributed by atoms with Gasteiger partial charge >= 0.3 is 0 Å². The maximum Gasteiger partial charge on any atom is 0.234 e. The third-order valence-electron chi connectivity index (χ3n) is 1.83.